The maximum Gasteiger partial charge on any atom is 0.472 e. The molecule has 3 N–H and O–H groups in total. The van der Waals surface area contributed by atoms with Gasteiger partial charge >= 0.3 is 39.5 Å². The molecule has 0 spiro atoms. The van der Waals surface area contributed by atoms with Gasteiger partial charge < -0.3 is 33.8 Å². The molecule has 0 aromatic rings. The molecule has 498 valence electrons. The van der Waals surface area contributed by atoms with E-state index < -0.39 is 97.5 Å². The van der Waals surface area contributed by atoms with Gasteiger partial charge in [-0.05, 0) is 25.7 Å². The molecule has 5 atom stereocenters. The lowest BCUT2D eigenvalue weighted by Crippen LogP contribution is -2.30. The highest BCUT2D eigenvalue weighted by Crippen LogP contribution is 2.45. The molecular formula is C65H126O17P2. The van der Waals surface area contributed by atoms with Gasteiger partial charge in [0.2, 0.25) is 0 Å². The van der Waals surface area contributed by atoms with Crippen LogP contribution >= 0.6 is 15.6 Å². The van der Waals surface area contributed by atoms with Crippen LogP contribution in [-0.4, -0.2) is 96.7 Å². The minimum atomic E-state index is -4.94. The fourth-order valence-electron chi connectivity index (χ4n) is 9.81. The monoisotopic (exact) mass is 1240 g/mol. The van der Waals surface area contributed by atoms with Gasteiger partial charge in [-0.3, -0.25) is 37.3 Å². The average molecular weight is 1240 g/mol. The normalized spacial score (nSPS) is 14.1. The molecule has 0 aliphatic rings. The summed E-state index contributed by atoms with van der Waals surface area (Å²) in [5.41, 5.74) is 0. The molecule has 0 aromatic carbocycles. The molecular weight excluding hydrogens is 1110 g/mol. The van der Waals surface area contributed by atoms with Gasteiger partial charge in [0.05, 0.1) is 26.4 Å². The molecule has 0 radical (unpaired) electrons. The Balaban J connectivity index is 5.24. The molecule has 0 saturated heterocycles. The summed E-state index contributed by atoms with van der Waals surface area (Å²) in [5, 5.41) is 10.5. The van der Waals surface area contributed by atoms with Crippen molar-refractivity contribution in [1.29, 1.82) is 0 Å². The smallest absolute Gasteiger partial charge is 0.462 e. The Hall–Kier alpha value is -1.94. The molecule has 0 rings (SSSR count). The summed E-state index contributed by atoms with van der Waals surface area (Å²) in [6.45, 7) is 4.89. The van der Waals surface area contributed by atoms with Gasteiger partial charge in [0.25, 0.3) is 0 Å². The summed E-state index contributed by atoms with van der Waals surface area (Å²) in [4.78, 5) is 72.2. The van der Waals surface area contributed by atoms with Crippen molar-refractivity contribution in [2.75, 3.05) is 39.6 Å². The summed E-state index contributed by atoms with van der Waals surface area (Å²) < 4.78 is 68.0. The lowest BCUT2D eigenvalue weighted by molar-refractivity contribution is -0.161. The Bertz CT molecular complexity index is 1620. The number of hydrogen-bond acceptors (Lipinski definition) is 15. The molecule has 84 heavy (non-hydrogen) atoms. The van der Waals surface area contributed by atoms with Crippen LogP contribution in [0.3, 0.4) is 0 Å². The van der Waals surface area contributed by atoms with Crippen molar-refractivity contribution in [1.82, 2.24) is 0 Å². The predicted molar refractivity (Wildman–Crippen MR) is 335 cm³/mol. The van der Waals surface area contributed by atoms with Crippen LogP contribution < -0.4 is 0 Å². The average Bonchev–Trinajstić information content (AvgIpc) is 3.52. The molecule has 0 bridgehead atoms. The first kappa shape index (κ1) is 82.1. The topological polar surface area (TPSA) is 237 Å². The van der Waals surface area contributed by atoms with Gasteiger partial charge in [0.15, 0.2) is 12.2 Å². The van der Waals surface area contributed by atoms with Crippen LogP contribution in [0.15, 0.2) is 0 Å². The molecule has 0 aliphatic carbocycles. The fourth-order valence-corrected chi connectivity index (χ4v) is 11.4. The number of esters is 4. The molecule has 2 unspecified atom stereocenters. The van der Waals surface area contributed by atoms with Crippen LogP contribution in [-0.2, 0) is 65.4 Å². The molecule has 0 fully saturated rings. The van der Waals surface area contributed by atoms with E-state index in [0.29, 0.717) is 25.7 Å². The minimum Gasteiger partial charge on any atom is -0.462 e. The number of aliphatic hydroxyl groups is 1. The first-order chi connectivity index (χ1) is 40.7. The third-order valence-corrected chi connectivity index (χ3v) is 17.0. The van der Waals surface area contributed by atoms with Crippen LogP contribution in [0.4, 0.5) is 0 Å². The van der Waals surface area contributed by atoms with Crippen LogP contribution in [0, 0.1) is 0 Å². The summed E-state index contributed by atoms with van der Waals surface area (Å²) in [6.07, 6.45) is 45.6. The van der Waals surface area contributed by atoms with Crippen molar-refractivity contribution in [2.24, 2.45) is 0 Å². The first-order valence-corrected chi connectivity index (χ1v) is 37.3. The quantitative estimate of drug-likeness (QED) is 0.0222. The van der Waals surface area contributed by atoms with Gasteiger partial charge in [0.1, 0.15) is 19.3 Å². The highest BCUT2D eigenvalue weighted by molar-refractivity contribution is 7.47. The van der Waals surface area contributed by atoms with E-state index in [4.69, 9.17) is 37.0 Å². The summed E-state index contributed by atoms with van der Waals surface area (Å²) in [5.74, 6) is -2.13. The van der Waals surface area contributed by atoms with Gasteiger partial charge in [-0.15, -0.1) is 0 Å². The van der Waals surface area contributed by atoms with E-state index >= 15 is 0 Å². The third-order valence-electron chi connectivity index (χ3n) is 15.1. The van der Waals surface area contributed by atoms with Crippen molar-refractivity contribution in [3.05, 3.63) is 0 Å². The van der Waals surface area contributed by atoms with Gasteiger partial charge in [0, 0.05) is 25.7 Å². The zero-order valence-corrected chi connectivity index (χ0v) is 55.7. The van der Waals surface area contributed by atoms with Crippen molar-refractivity contribution >= 4 is 39.5 Å². The second-order valence-corrected chi connectivity index (χ2v) is 26.4. The fraction of sp³-hybridized carbons (Fsp3) is 0.938. The largest absolute Gasteiger partial charge is 0.472 e. The number of unbranched alkanes of at least 4 members (excludes halogenated alkanes) is 40. The van der Waals surface area contributed by atoms with Gasteiger partial charge in [-0.1, -0.05) is 285 Å². The highest BCUT2D eigenvalue weighted by Gasteiger charge is 2.30. The molecule has 17 nitrogen and oxygen atoms in total. The van der Waals surface area contributed by atoms with Gasteiger partial charge in [-0.25, -0.2) is 9.13 Å². The second-order valence-electron chi connectivity index (χ2n) is 23.5. The standard InChI is InChI=1S/C65H126O17P2/c1-5-9-13-17-21-25-29-32-36-40-44-48-52-65(70)82-61(56-76-63(68)50-46-42-38-34-30-26-22-18-14-10-6-2)58-80-84(73,74)78-54-59(66)53-77-83(71,72)79-57-60(55-75-62(67)49-45-41-37-33-28-24-20-16-12-8-4)81-64(69)51-47-43-39-35-31-27-23-19-15-11-7-3/h59-61,66H,5-58H2,1-4H3,(H,71,72)(H,73,74)/t59-,60+,61+/m0/s1. The minimum absolute atomic E-state index is 0.107. The Morgan fingerprint density at radius 3 is 0.702 bits per heavy atom. The van der Waals surface area contributed by atoms with Gasteiger partial charge in [-0.2, -0.15) is 0 Å². The van der Waals surface area contributed by atoms with Crippen molar-refractivity contribution in [3.63, 3.8) is 0 Å². The lowest BCUT2D eigenvalue weighted by atomic mass is 10.0. The Morgan fingerprint density at radius 1 is 0.286 bits per heavy atom. The predicted octanol–water partition coefficient (Wildman–Crippen LogP) is 18.3. The maximum atomic E-state index is 13.0. The number of carbonyl (C=O) groups excluding carboxylic acids is 4. The molecule has 0 heterocycles. The van der Waals surface area contributed by atoms with E-state index in [1.807, 2.05) is 0 Å². The van der Waals surface area contributed by atoms with E-state index in [1.54, 1.807) is 0 Å². The van der Waals surface area contributed by atoms with Crippen molar-refractivity contribution in [3.8, 4) is 0 Å². The van der Waals surface area contributed by atoms with E-state index in [1.165, 1.54) is 167 Å². The number of phosphoric acid groups is 2. The number of aliphatic hydroxyl groups excluding tert-OH is 1. The van der Waals surface area contributed by atoms with E-state index in [-0.39, 0.29) is 25.7 Å². The van der Waals surface area contributed by atoms with E-state index in [0.717, 1.165) is 89.9 Å². The maximum absolute atomic E-state index is 13.0. The molecule has 0 aliphatic heterocycles. The van der Waals surface area contributed by atoms with Crippen LogP contribution in [0.5, 0.6) is 0 Å². The van der Waals surface area contributed by atoms with E-state index in [2.05, 4.69) is 27.7 Å². The zero-order chi connectivity index (χ0) is 61.9. The molecule has 0 amide bonds. The molecule has 0 saturated carbocycles. The SMILES string of the molecule is CCCCCCCCCCCCCCC(=O)O[C@H](COC(=O)CCCCCCCCCCCCC)COP(=O)(O)OC[C@@H](O)COP(=O)(O)OC[C@@H](COC(=O)CCCCCCCCCCCC)OC(=O)CCCCCCCCCCCCC. The molecule has 0 aromatic heterocycles. The highest BCUT2D eigenvalue weighted by atomic mass is 31.2. The number of rotatable bonds is 66. The summed E-state index contributed by atoms with van der Waals surface area (Å²) >= 11 is 0. The van der Waals surface area contributed by atoms with Crippen LogP contribution in [0.25, 0.3) is 0 Å². The Labute approximate surface area is 511 Å². The Kier molecular flexibility index (Phi) is 58.6. The number of hydrogen-bond donors (Lipinski definition) is 3. The number of phosphoric ester groups is 2. The number of ether oxygens (including phenoxy) is 4. The Morgan fingerprint density at radius 2 is 0.476 bits per heavy atom. The van der Waals surface area contributed by atoms with Crippen LogP contribution in [0.1, 0.15) is 336 Å². The van der Waals surface area contributed by atoms with E-state index in [9.17, 15) is 43.2 Å². The molecule has 19 heteroatoms. The zero-order valence-electron chi connectivity index (χ0n) is 53.9. The van der Waals surface area contributed by atoms with Crippen molar-refractivity contribution in [2.45, 2.75) is 354 Å². The second kappa shape index (κ2) is 60.0. The summed E-state index contributed by atoms with van der Waals surface area (Å²) in [6, 6.07) is 0. The van der Waals surface area contributed by atoms with Crippen LogP contribution in [0.2, 0.25) is 0 Å². The lowest BCUT2D eigenvalue weighted by Gasteiger charge is -2.21. The first-order valence-electron chi connectivity index (χ1n) is 34.3. The van der Waals surface area contributed by atoms with Crippen molar-refractivity contribution < 1.29 is 80.2 Å². The number of carbonyl (C=O) groups is 4. The third kappa shape index (κ3) is 59.0. The summed E-state index contributed by atoms with van der Waals surface area (Å²) in [7, 11) is -9.88.